The van der Waals surface area contributed by atoms with Crippen molar-refractivity contribution in [1.82, 2.24) is 15.5 Å². The molecule has 3 aliphatic rings. The molecule has 0 aromatic carbocycles. The van der Waals surface area contributed by atoms with Gasteiger partial charge in [-0.05, 0) is 116 Å². The lowest BCUT2D eigenvalue weighted by atomic mass is 9.98. The van der Waals surface area contributed by atoms with Crippen molar-refractivity contribution in [1.29, 1.82) is 0 Å². The molecule has 23 heteroatoms. The van der Waals surface area contributed by atoms with E-state index in [1.165, 1.54) is 116 Å². The highest BCUT2D eigenvalue weighted by Gasteiger charge is 2.47. The van der Waals surface area contributed by atoms with E-state index in [9.17, 15) is 50.4 Å². The van der Waals surface area contributed by atoms with E-state index in [-0.39, 0.29) is 57.6 Å². The Morgan fingerprint density at radius 1 is 0.465 bits per heavy atom. The molecule has 3 aliphatic heterocycles. The van der Waals surface area contributed by atoms with Gasteiger partial charge in [-0.15, -0.1) is 0 Å². The number of rotatable bonds is 68. The predicted molar refractivity (Wildman–Crippen MR) is 384 cm³/mol. The molecule has 0 aromatic heterocycles. The Morgan fingerprint density at radius 3 is 1.22 bits per heavy atom. The Bertz CT molecular complexity index is 1900. The molecule has 23 nitrogen and oxygen atoms in total. The van der Waals surface area contributed by atoms with Crippen LogP contribution in [-0.4, -0.2) is 249 Å². The van der Waals surface area contributed by atoms with E-state index in [0.29, 0.717) is 59.0 Å². The van der Waals surface area contributed by atoms with Crippen molar-refractivity contribution in [3.63, 3.8) is 0 Å². The highest BCUT2D eigenvalue weighted by atomic mass is 16.7. The molecule has 0 aliphatic carbocycles. The van der Waals surface area contributed by atoms with Crippen LogP contribution in [-0.2, 0) is 57.0 Å². The average Bonchev–Trinajstić information content (AvgIpc) is 1.71. The molecule has 0 bridgehead atoms. The number of aliphatic hydroxyl groups is 8. The summed E-state index contributed by atoms with van der Waals surface area (Å²) in [6, 6.07) is 0. The third kappa shape index (κ3) is 44.5. The number of amides is 2. The van der Waals surface area contributed by atoms with Crippen LogP contribution in [0.4, 0.5) is 0 Å². The first-order chi connectivity index (χ1) is 48.4. The van der Waals surface area contributed by atoms with Crippen molar-refractivity contribution in [2.24, 2.45) is 0 Å². The van der Waals surface area contributed by atoms with Gasteiger partial charge in [0.25, 0.3) is 0 Å². The lowest BCUT2D eigenvalue weighted by Gasteiger charge is -2.30. The van der Waals surface area contributed by atoms with Crippen LogP contribution in [0.1, 0.15) is 232 Å². The molecule has 0 aromatic rings. The quantitative estimate of drug-likeness (QED) is 0.0154. The van der Waals surface area contributed by atoms with Crippen LogP contribution in [0.5, 0.6) is 0 Å². The Hall–Kier alpha value is -2.86. The van der Waals surface area contributed by atoms with Gasteiger partial charge in [-0.25, -0.2) is 0 Å². The zero-order chi connectivity index (χ0) is 71.5. The van der Waals surface area contributed by atoms with Gasteiger partial charge in [0.2, 0.25) is 11.8 Å². The van der Waals surface area contributed by atoms with E-state index in [1.807, 2.05) is 0 Å². The fraction of sp³-hybridized carbons (Fsp3) is 0.868. The van der Waals surface area contributed by atoms with Gasteiger partial charge in [0.15, 0.2) is 18.4 Å². The van der Waals surface area contributed by atoms with Gasteiger partial charge >= 0.3 is 0 Å². The van der Waals surface area contributed by atoms with E-state index < -0.39 is 80.4 Å². The Labute approximate surface area is 595 Å². The van der Waals surface area contributed by atoms with Gasteiger partial charge in [-0.3, -0.25) is 9.59 Å². The number of carbonyl (C=O) groups is 2. The molecule has 578 valence electrons. The van der Waals surface area contributed by atoms with Crippen LogP contribution in [0.25, 0.3) is 0 Å². The van der Waals surface area contributed by atoms with Gasteiger partial charge < -0.3 is 104 Å². The lowest BCUT2D eigenvalue weighted by Crippen LogP contribution is -2.40. The Balaban J connectivity index is 1.43. The highest BCUT2D eigenvalue weighted by Crippen LogP contribution is 2.35. The SMILES string of the molecule is CCCCC/C=C\C/C=C\CCCCCCCCC1(CCCCCCCC/C=C\C/C=C\CCCCC)OC[C@H](CN(CCCCCC(=O)NCCOCCOCCO[C@@H](O)[C@@H]2OC(CO)[C@@H](O)C2O)CCCCCC(=O)NCCOCCOCCO[C@@H](O)[C@@H]2OC(CO)[C@@H](O)C2O)O1. The Morgan fingerprint density at radius 2 is 0.828 bits per heavy atom. The van der Waals surface area contributed by atoms with Crippen LogP contribution in [0.2, 0.25) is 0 Å². The summed E-state index contributed by atoms with van der Waals surface area (Å²) >= 11 is 0. The van der Waals surface area contributed by atoms with E-state index in [4.69, 9.17) is 47.4 Å². The van der Waals surface area contributed by atoms with Gasteiger partial charge in [-0.2, -0.15) is 0 Å². The second kappa shape index (κ2) is 61.4. The van der Waals surface area contributed by atoms with Crippen LogP contribution >= 0.6 is 0 Å². The first kappa shape index (κ1) is 90.4. The molecule has 10 N–H and O–H groups in total. The molecular formula is C76H139N3O20. The minimum absolute atomic E-state index is 0.00834. The molecule has 4 unspecified atom stereocenters. The first-order valence-corrected chi connectivity index (χ1v) is 38.7. The zero-order valence-electron chi connectivity index (χ0n) is 61.2. The number of nitrogens with zero attached hydrogens (tertiary/aromatic N) is 1. The fourth-order valence-electron chi connectivity index (χ4n) is 12.4. The summed E-state index contributed by atoms with van der Waals surface area (Å²) in [7, 11) is 0. The minimum atomic E-state index is -1.50. The number of aliphatic hydroxyl groups excluding tert-OH is 8. The van der Waals surface area contributed by atoms with Crippen molar-refractivity contribution in [2.45, 2.75) is 305 Å². The van der Waals surface area contributed by atoms with E-state index in [0.717, 1.165) is 110 Å². The maximum absolute atomic E-state index is 12.8. The van der Waals surface area contributed by atoms with Crippen molar-refractivity contribution >= 4 is 11.8 Å². The molecule has 0 radical (unpaired) electrons. The number of hydrogen-bond donors (Lipinski definition) is 10. The maximum Gasteiger partial charge on any atom is 0.220 e. The normalized spacial score (nSPS) is 22.4. The van der Waals surface area contributed by atoms with Crippen molar-refractivity contribution in [2.75, 3.05) is 119 Å². The number of allylic oxidation sites excluding steroid dienone is 8. The smallest absolute Gasteiger partial charge is 0.220 e. The molecule has 2 amide bonds. The number of unbranched alkanes of at least 4 members (excludes halogenated alkanes) is 22. The fourth-order valence-corrected chi connectivity index (χ4v) is 12.4. The van der Waals surface area contributed by atoms with Gasteiger partial charge in [0.05, 0.1) is 92.0 Å². The summed E-state index contributed by atoms with van der Waals surface area (Å²) in [5.41, 5.74) is 0. The predicted octanol–water partition coefficient (Wildman–Crippen LogP) is 8.86. The standard InChI is InChI=1S/C76H139N3O20/c1-3-5-7-9-11-13-15-17-19-21-23-25-27-29-31-37-43-76(44-38-32-30-28-26-24-22-20-18-16-14-12-10-8-6-4-2)96-62-63(99-76)59-79(47-39-33-35-41-66(82)77-45-49-90-51-53-92-55-57-94-74(88)72-70(86)68(84)64(60-80)97-72)48-40-34-36-42-67(83)78-46-50-91-52-54-93-56-58-95-75(89)73-71(87)69(85)65(61-81)98-73/h11-14,17-20,63-65,68-75,80-81,84-89H,3-10,15-16,21-62H2,1-2H3,(H,77,82)(H,78,83)/b13-11-,14-12-,19-17-,20-18-/t63-,64?,65?,68+,69+,70?,71?,72+,73+,74+,75+/m0/s1. The minimum Gasteiger partial charge on any atom is -0.394 e. The summed E-state index contributed by atoms with van der Waals surface area (Å²) in [6.45, 7) is 9.39. The molecule has 11 atom stereocenters. The Kier molecular flexibility index (Phi) is 56.1. The van der Waals surface area contributed by atoms with Crippen molar-refractivity contribution in [3.8, 4) is 0 Å². The molecule has 3 saturated heterocycles. The second-order valence-electron chi connectivity index (χ2n) is 26.8. The third-order valence-electron chi connectivity index (χ3n) is 18.3. The lowest BCUT2D eigenvalue weighted by molar-refractivity contribution is -0.196. The maximum atomic E-state index is 12.8. The van der Waals surface area contributed by atoms with E-state index in [2.05, 4.69) is 78.0 Å². The number of hydrogen-bond acceptors (Lipinski definition) is 21. The summed E-state index contributed by atoms with van der Waals surface area (Å²) in [5, 5.41) is 84.7. The summed E-state index contributed by atoms with van der Waals surface area (Å²) < 4.78 is 57.2. The highest BCUT2D eigenvalue weighted by molar-refractivity contribution is 5.76. The van der Waals surface area contributed by atoms with Gasteiger partial charge in [-0.1, -0.05) is 152 Å². The van der Waals surface area contributed by atoms with Crippen LogP contribution < -0.4 is 10.6 Å². The van der Waals surface area contributed by atoms with Crippen molar-refractivity contribution in [3.05, 3.63) is 48.6 Å². The largest absolute Gasteiger partial charge is 0.394 e. The molecule has 3 heterocycles. The molecule has 0 saturated carbocycles. The zero-order valence-corrected chi connectivity index (χ0v) is 61.2. The van der Waals surface area contributed by atoms with Crippen molar-refractivity contribution < 1.29 is 97.8 Å². The number of nitrogens with one attached hydrogen (secondary N) is 2. The summed E-state index contributed by atoms with van der Waals surface area (Å²) in [4.78, 5) is 28.1. The summed E-state index contributed by atoms with van der Waals surface area (Å²) in [6.07, 6.45) is 42.5. The van der Waals surface area contributed by atoms with Gasteiger partial charge in [0.1, 0.15) is 48.8 Å². The monoisotopic (exact) mass is 1410 g/mol. The average molecular weight is 1410 g/mol. The molecule has 99 heavy (non-hydrogen) atoms. The first-order valence-electron chi connectivity index (χ1n) is 38.7. The number of carbonyl (C=O) groups excluding carboxylic acids is 2. The molecular weight excluding hydrogens is 1270 g/mol. The molecule has 3 fully saturated rings. The molecule has 0 spiro atoms. The van der Waals surface area contributed by atoms with E-state index in [1.54, 1.807) is 0 Å². The third-order valence-corrected chi connectivity index (χ3v) is 18.3. The summed E-state index contributed by atoms with van der Waals surface area (Å²) in [5.74, 6) is -0.608. The van der Waals surface area contributed by atoms with Crippen LogP contribution in [0.15, 0.2) is 48.6 Å². The van der Waals surface area contributed by atoms with E-state index >= 15 is 0 Å². The molecule has 3 rings (SSSR count). The van der Waals surface area contributed by atoms with Crippen LogP contribution in [0, 0.1) is 0 Å². The topological polar surface area (TPSA) is 316 Å². The van der Waals surface area contributed by atoms with Gasteiger partial charge in [0, 0.05) is 45.3 Å². The second-order valence-corrected chi connectivity index (χ2v) is 26.8. The van der Waals surface area contributed by atoms with Crippen LogP contribution in [0.3, 0.4) is 0 Å². The number of ether oxygens (including phenoxy) is 10.